The van der Waals surface area contributed by atoms with Gasteiger partial charge in [0.25, 0.3) is 0 Å². The number of para-hydroxylation sites is 2. The first-order valence-electron chi connectivity index (χ1n) is 7.79. The Morgan fingerprint density at radius 2 is 2.12 bits per heavy atom. The molecule has 2 aliphatic heterocycles. The van der Waals surface area contributed by atoms with Crippen molar-refractivity contribution in [2.24, 2.45) is 0 Å². The third kappa shape index (κ3) is 3.56. The number of fused-ring (bicyclic) bond motifs is 1. The van der Waals surface area contributed by atoms with E-state index < -0.39 is 11.8 Å². The number of rotatable bonds is 3. The second-order valence-electron chi connectivity index (χ2n) is 6.17. The highest BCUT2D eigenvalue weighted by Gasteiger charge is 2.36. The average molecular weight is 335 g/mol. The molecule has 1 N–H and O–H groups in total. The molecule has 0 amide bonds. The van der Waals surface area contributed by atoms with Crippen LogP contribution < -0.4 is 9.47 Å². The van der Waals surface area contributed by atoms with Gasteiger partial charge in [0.15, 0.2) is 22.9 Å². The van der Waals surface area contributed by atoms with Gasteiger partial charge in [-0.05, 0) is 19.1 Å². The van der Waals surface area contributed by atoms with E-state index in [4.69, 9.17) is 14.2 Å². The number of aliphatic hydroxyl groups excluding tert-OH is 1. The van der Waals surface area contributed by atoms with Crippen molar-refractivity contribution in [2.45, 2.75) is 18.9 Å². The molecule has 0 spiro atoms. The Labute approximate surface area is 140 Å². The van der Waals surface area contributed by atoms with Crippen LogP contribution in [0.25, 0.3) is 0 Å². The van der Waals surface area contributed by atoms with Crippen LogP contribution in [0.3, 0.4) is 0 Å². The number of nitrogens with zero attached hydrogens (tertiary/aromatic N) is 1. The molecule has 1 aromatic rings. The summed E-state index contributed by atoms with van der Waals surface area (Å²) in [5.41, 5.74) is -0.530. The standard InChI is InChI=1S/C17H21NO6/c1-17(11-22-13-5-3-4-6-14(13)24-17)10-18-8-7-12(19)15(9-18)23-16(20)21-2/h3-6,19H,7-11H2,1-2H3. The highest BCUT2D eigenvalue weighted by atomic mass is 16.7. The maximum atomic E-state index is 11.3. The molecule has 0 bridgehead atoms. The Hall–Kier alpha value is -2.41. The van der Waals surface area contributed by atoms with Crippen LogP contribution in [0.4, 0.5) is 4.79 Å². The second-order valence-corrected chi connectivity index (χ2v) is 6.17. The van der Waals surface area contributed by atoms with Crippen molar-refractivity contribution in [2.75, 3.05) is 33.4 Å². The van der Waals surface area contributed by atoms with Gasteiger partial charge in [0, 0.05) is 19.5 Å². The van der Waals surface area contributed by atoms with Gasteiger partial charge >= 0.3 is 6.16 Å². The molecule has 3 rings (SSSR count). The van der Waals surface area contributed by atoms with Gasteiger partial charge in [-0.2, -0.15) is 0 Å². The van der Waals surface area contributed by atoms with Gasteiger partial charge in [0.05, 0.1) is 13.7 Å². The highest BCUT2D eigenvalue weighted by Crippen LogP contribution is 2.35. The summed E-state index contributed by atoms with van der Waals surface area (Å²) in [5.74, 6) is 1.75. The molecule has 7 nitrogen and oxygen atoms in total. The summed E-state index contributed by atoms with van der Waals surface area (Å²) in [6.07, 6.45) is -0.435. The molecule has 1 aromatic carbocycles. The van der Waals surface area contributed by atoms with Crippen molar-refractivity contribution in [3.8, 4) is 11.5 Å². The molecular formula is C17H21NO6. The van der Waals surface area contributed by atoms with Crippen molar-refractivity contribution >= 4 is 6.16 Å². The lowest BCUT2D eigenvalue weighted by Crippen LogP contribution is -2.52. The minimum absolute atomic E-state index is 0.0768. The normalized spacial score (nSPS) is 23.8. The molecule has 0 saturated heterocycles. The van der Waals surface area contributed by atoms with Crippen LogP contribution in [0.2, 0.25) is 0 Å². The second kappa shape index (κ2) is 6.60. The topological polar surface area (TPSA) is 77.5 Å². The van der Waals surface area contributed by atoms with Crippen LogP contribution >= 0.6 is 0 Å². The first-order chi connectivity index (χ1) is 11.5. The Balaban J connectivity index is 1.65. The minimum atomic E-state index is -0.837. The van der Waals surface area contributed by atoms with E-state index in [-0.39, 0.29) is 11.5 Å². The number of benzene rings is 1. The van der Waals surface area contributed by atoms with Gasteiger partial charge in [-0.15, -0.1) is 0 Å². The summed E-state index contributed by atoms with van der Waals surface area (Å²) in [6, 6.07) is 7.55. The molecule has 0 aliphatic carbocycles. The largest absolute Gasteiger partial charge is 0.513 e. The van der Waals surface area contributed by atoms with E-state index in [9.17, 15) is 9.90 Å². The van der Waals surface area contributed by atoms with Gasteiger partial charge in [0.1, 0.15) is 12.4 Å². The van der Waals surface area contributed by atoms with Crippen LogP contribution in [-0.4, -0.2) is 55.1 Å². The smallest absolute Gasteiger partial charge is 0.509 e. The van der Waals surface area contributed by atoms with Gasteiger partial charge in [0.2, 0.25) is 0 Å². The maximum Gasteiger partial charge on any atom is 0.513 e. The Kier molecular flexibility index (Phi) is 4.53. The van der Waals surface area contributed by atoms with Gasteiger partial charge < -0.3 is 24.1 Å². The molecule has 0 saturated carbocycles. The fourth-order valence-electron chi connectivity index (χ4n) is 2.88. The van der Waals surface area contributed by atoms with E-state index >= 15 is 0 Å². The van der Waals surface area contributed by atoms with Gasteiger partial charge in [-0.1, -0.05) is 12.1 Å². The molecular weight excluding hydrogens is 314 g/mol. The first-order valence-corrected chi connectivity index (χ1v) is 7.79. The van der Waals surface area contributed by atoms with E-state index in [1.165, 1.54) is 7.11 Å². The summed E-state index contributed by atoms with van der Waals surface area (Å²) in [7, 11) is 1.23. The fourth-order valence-corrected chi connectivity index (χ4v) is 2.88. The van der Waals surface area contributed by atoms with Crippen LogP contribution in [-0.2, 0) is 9.47 Å². The van der Waals surface area contributed by atoms with E-state index in [1.807, 2.05) is 31.2 Å². The number of ether oxygens (including phenoxy) is 4. The Bertz CT molecular complexity index is 658. The third-order valence-electron chi connectivity index (χ3n) is 4.02. The molecule has 7 heteroatoms. The molecule has 24 heavy (non-hydrogen) atoms. The van der Waals surface area contributed by atoms with Gasteiger partial charge in [-0.25, -0.2) is 4.79 Å². The van der Waals surface area contributed by atoms with Crippen LogP contribution in [0.15, 0.2) is 35.8 Å². The molecule has 0 aromatic heterocycles. The molecule has 2 aliphatic rings. The van der Waals surface area contributed by atoms with E-state index in [2.05, 4.69) is 9.64 Å². The zero-order valence-corrected chi connectivity index (χ0v) is 13.8. The molecule has 0 radical (unpaired) electrons. The zero-order valence-electron chi connectivity index (χ0n) is 13.8. The average Bonchev–Trinajstić information content (AvgIpc) is 2.57. The lowest BCUT2D eigenvalue weighted by atomic mass is 10.0. The summed E-state index contributed by atoms with van der Waals surface area (Å²) >= 11 is 0. The van der Waals surface area contributed by atoms with Gasteiger partial charge in [-0.3, -0.25) is 4.90 Å². The Morgan fingerprint density at radius 1 is 1.38 bits per heavy atom. The molecule has 0 fully saturated rings. The Morgan fingerprint density at radius 3 is 2.88 bits per heavy atom. The lowest BCUT2D eigenvalue weighted by Gasteiger charge is -2.40. The number of aliphatic hydroxyl groups is 1. The quantitative estimate of drug-likeness (QED) is 0.850. The predicted molar refractivity (Wildman–Crippen MR) is 85.2 cm³/mol. The van der Waals surface area contributed by atoms with Crippen LogP contribution in [0, 0.1) is 0 Å². The third-order valence-corrected chi connectivity index (χ3v) is 4.02. The van der Waals surface area contributed by atoms with E-state index in [0.29, 0.717) is 38.4 Å². The van der Waals surface area contributed by atoms with Crippen LogP contribution in [0.5, 0.6) is 11.5 Å². The van der Waals surface area contributed by atoms with Crippen molar-refractivity contribution in [1.29, 1.82) is 0 Å². The first kappa shape index (κ1) is 16.4. The number of carbonyl (C=O) groups excluding carboxylic acids is 1. The predicted octanol–water partition coefficient (Wildman–Crippen LogP) is 2.47. The number of hydrogen-bond acceptors (Lipinski definition) is 7. The van der Waals surface area contributed by atoms with Crippen LogP contribution in [0.1, 0.15) is 13.3 Å². The molecule has 1 atom stereocenters. The summed E-state index contributed by atoms with van der Waals surface area (Å²) in [5, 5.41) is 9.90. The minimum Gasteiger partial charge on any atom is -0.509 e. The highest BCUT2D eigenvalue weighted by molar-refractivity contribution is 5.61. The molecule has 130 valence electrons. The van der Waals surface area contributed by atoms with Crippen molar-refractivity contribution < 1.29 is 28.8 Å². The monoisotopic (exact) mass is 335 g/mol. The zero-order chi connectivity index (χ0) is 17.2. The molecule has 1 unspecified atom stereocenters. The lowest BCUT2D eigenvalue weighted by molar-refractivity contribution is -0.0233. The summed E-state index contributed by atoms with van der Waals surface area (Å²) in [4.78, 5) is 13.3. The van der Waals surface area contributed by atoms with Crippen molar-refractivity contribution in [3.05, 3.63) is 35.8 Å². The maximum absolute atomic E-state index is 11.3. The SMILES string of the molecule is COC(=O)OC1=C(O)CCN(CC2(C)COc3ccccc3O2)C1. The van der Waals surface area contributed by atoms with E-state index in [0.717, 1.165) is 5.75 Å². The summed E-state index contributed by atoms with van der Waals surface area (Å²) < 4.78 is 21.4. The summed E-state index contributed by atoms with van der Waals surface area (Å²) in [6.45, 7) is 3.91. The number of carbonyl (C=O) groups is 1. The number of methoxy groups -OCH3 is 1. The molecule has 2 heterocycles. The van der Waals surface area contributed by atoms with Crippen molar-refractivity contribution in [1.82, 2.24) is 4.90 Å². The fraction of sp³-hybridized carbons (Fsp3) is 0.471. The number of hydrogen-bond donors (Lipinski definition) is 1. The van der Waals surface area contributed by atoms with E-state index in [1.54, 1.807) is 0 Å². The van der Waals surface area contributed by atoms with Crippen molar-refractivity contribution in [3.63, 3.8) is 0 Å².